The van der Waals surface area contributed by atoms with Crippen molar-refractivity contribution in [2.24, 2.45) is 0 Å². The van der Waals surface area contributed by atoms with Gasteiger partial charge in [0.05, 0.1) is 6.61 Å². The number of carbonyl (C=O) groups is 2. The quantitative estimate of drug-likeness (QED) is 0.335. The first kappa shape index (κ1) is 17.9. The summed E-state index contributed by atoms with van der Waals surface area (Å²) >= 11 is 0. The van der Waals surface area contributed by atoms with Crippen LogP contribution in [0.3, 0.4) is 0 Å². The topological polar surface area (TPSA) is 82.1 Å². The summed E-state index contributed by atoms with van der Waals surface area (Å²) < 4.78 is 0. The van der Waals surface area contributed by atoms with E-state index in [4.69, 9.17) is 10.1 Å². The summed E-state index contributed by atoms with van der Waals surface area (Å²) in [5.41, 5.74) is 0. The van der Waals surface area contributed by atoms with E-state index >= 15 is 0 Å². The molecule has 0 aliphatic heterocycles. The lowest BCUT2D eigenvalue weighted by Crippen LogP contribution is -2.06. The third kappa shape index (κ3) is 13.1. The average molecular weight is 276 g/mol. The molecule has 0 spiro atoms. The minimum Gasteiger partial charge on any atom is -0.301 e. The van der Waals surface area contributed by atoms with Gasteiger partial charge in [0, 0.05) is 12.8 Å². The molecule has 0 rings (SSSR count). The number of carbonyl (C=O) groups excluding carboxylic acids is 2. The molecule has 0 aromatic heterocycles. The van der Waals surface area contributed by atoms with E-state index in [1.54, 1.807) is 0 Å². The maximum Gasteiger partial charge on any atom is 0.342 e. The first-order valence-electron chi connectivity index (χ1n) is 6.87. The molecular weight excluding hydrogens is 252 g/mol. The van der Waals surface area contributed by atoms with E-state index in [0.717, 1.165) is 38.5 Å². The molecule has 0 unspecified atom stereocenters. The van der Waals surface area contributed by atoms with Crippen molar-refractivity contribution in [2.45, 2.75) is 64.7 Å². The van der Waals surface area contributed by atoms with Gasteiger partial charge in [0.25, 0.3) is 0 Å². The van der Waals surface area contributed by atoms with Gasteiger partial charge in [0.2, 0.25) is 0 Å². The lowest BCUT2D eigenvalue weighted by molar-refractivity contribution is -0.272. The maximum absolute atomic E-state index is 11.2. The van der Waals surface area contributed by atoms with Crippen LogP contribution in [0, 0.1) is 0 Å². The van der Waals surface area contributed by atoms with Gasteiger partial charge in [-0.1, -0.05) is 32.6 Å². The van der Waals surface area contributed by atoms with Gasteiger partial charge in [0.1, 0.15) is 0 Å². The lowest BCUT2D eigenvalue weighted by Gasteiger charge is -2.03. The molecule has 6 heteroatoms. The molecule has 19 heavy (non-hydrogen) atoms. The van der Waals surface area contributed by atoms with Gasteiger partial charge in [-0.25, -0.2) is 9.59 Å². The molecule has 0 aromatic carbocycles. The van der Waals surface area contributed by atoms with Crippen molar-refractivity contribution in [3.8, 4) is 0 Å². The Balaban J connectivity index is 3.20. The van der Waals surface area contributed by atoms with Crippen molar-refractivity contribution in [3.63, 3.8) is 0 Å². The van der Waals surface area contributed by atoms with Crippen LogP contribution < -0.4 is 0 Å². The number of unbranched alkanes of at least 4 members (excludes halogenated alkanes) is 5. The maximum atomic E-state index is 11.2. The molecule has 0 atom stereocenters. The molecule has 0 saturated carbocycles. The molecule has 0 aliphatic rings. The first-order chi connectivity index (χ1) is 9.20. The number of hydrogen-bond donors (Lipinski definition) is 1. The van der Waals surface area contributed by atoms with Crippen molar-refractivity contribution in [1.82, 2.24) is 0 Å². The van der Waals surface area contributed by atoms with Crippen molar-refractivity contribution >= 4 is 11.9 Å². The van der Waals surface area contributed by atoms with Gasteiger partial charge in [-0.05, 0) is 19.3 Å². The molecule has 0 heterocycles. The van der Waals surface area contributed by atoms with Gasteiger partial charge >= 0.3 is 11.9 Å². The highest BCUT2D eigenvalue weighted by Gasteiger charge is 2.04. The van der Waals surface area contributed by atoms with Crippen LogP contribution in [0.2, 0.25) is 0 Å². The van der Waals surface area contributed by atoms with Crippen LogP contribution in [0.4, 0.5) is 0 Å². The van der Waals surface area contributed by atoms with Gasteiger partial charge in [-0.2, -0.15) is 10.1 Å². The highest BCUT2D eigenvalue weighted by Crippen LogP contribution is 2.08. The van der Waals surface area contributed by atoms with Crippen molar-refractivity contribution < 1.29 is 29.5 Å². The van der Waals surface area contributed by atoms with Crippen LogP contribution in [-0.2, 0) is 24.3 Å². The molecule has 0 aromatic rings. The molecule has 0 bridgehead atoms. The molecule has 6 nitrogen and oxygen atoms in total. The second-order valence-electron chi connectivity index (χ2n) is 4.36. The summed E-state index contributed by atoms with van der Waals surface area (Å²) in [6, 6.07) is 0. The van der Waals surface area contributed by atoms with Gasteiger partial charge < -0.3 is 4.89 Å². The zero-order valence-electron chi connectivity index (χ0n) is 11.6. The van der Waals surface area contributed by atoms with Crippen LogP contribution in [0.15, 0.2) is 0 Å². The Morgan fingerprint density at radius 3 is 2.05 bits per heavy atom. The normalized spacial score (nSPS) is 10.2. The zero-order valence-corrected chi connectivity index (χ0v) is 11.6. The molecule has 112 valence electrons. The first-order valence-corrected chi connectivity index (χ1v) is 6.87. The molecular formula is C13H24O6. The van der Waals surface area contributed by atoms with Crippen LogP contribution in [0.1, 0.15) is 64.7 Å². The Labute approximate surface area is 113 Å². The second-order valence-corrected chi connectivity index (χ2v) is 4.36. The minimum absolute atomic E-state index is 0.226. The summed E-state index contributed by atoms with van der Waals surface area (Å²) in [5.74, 6) is -0.937. The Hall–Kier alpha value is -1.14. The van der Waals surface area contributed by atoms with E-state index in [2.05, 4.69) is 9.78 Å². The summed E-state index contributed by atoms with van der Waals surface area (Å²) in [6.45, 7) is 2.48. The highest BCUT2D eigenvalue weighted by atomic mass is 17.2. The Morgan fingerprint density at radius 2 is 1.47 bits per heavy atom. The van der Waals surface area contributed by atoms with Gasteiger partial charge in [0.15, 0.2) is 0 Å². The largest absolute Gasteiger partial charge is 0.342 e. The van der Waals surface area contributed by atoms with Crippen molar-refractivity contribution in [1.29, 1.82) is 0 Å². The van der Waals surface area contributed by atoms with E-state index in [0.29, 0.717) is 19.4 Å². The SMILES string of the molecule is CCCCOOC(=O)CCCCCCCC(=O)OO. The zero-order chi connectivity index (χ0) is 14.3. The van der Waals surface area contributed by atoms with Gasteiger partial charge in [-0.15, -0.1) is 0 Å². The predicted octanol–water partition coefficient (Wildman–Crippen LogP) is 3.01. The third-order valence-electron chi connectivity index (χ3n) is 2.60. The Bertz CT molecular complexity index is 241. The minimum atomic E-state index is -0.604. The summed E-state index contributed by atoms with van der Waals surface area (Å²) in [5, 5.41) is 8.03. The van der Waals surface area contributed by atoms with Crippen LogP contribution >= 0.6 is 0 Å². The Kier molecular flexibility index (Phi) is 12.5. The molecule has 1 N–H and O–H groups in total. The van der Waals surface area contributed by atoms with Gasteiger partial charge in [-0.3, -0.25) is 4.89 Å². The van der Waals surface area contributed by atoms with E-state index in [1.165, 1.54) is 0 Å². The summed E-state index contributed by atoms with van der Waals surface area (Å²) in [4.78, 5) is 34.7. The van der Waals surface area contributed by atoms with E-state index < -0.39 is 5.97 Å². The van der Waals surface area contributed by atoms with E-state index in [9.17, 15) is 9.59 Å². The Morgan fingerprint density at radius 1 is 0.895 bits per heavy atom. The van der Waals surface area contributed by atoms with Crippen LogP contribution in [-0.4, -0.2) is 23.8 Å². The standard InChI is InChI=1S/C13H24O6/c1-2-3-11-17-19-13(15)10-8-6-4-5-7-9-12(14)18-16/h16H,2-11H2,1H3. The molecule has 0 amide bonds. The van der Waals surface area contributed by atoms with Crippen molar-refractivity contribution in [2.75, 3.05) is 6.61 Å². The fourth-order valence-corrected chi connectivity index (χ4v) is 1.47. The monoisotopic (exact) mass is 276 g/mol. The highest BCUT2D eigenvalue weighted by molar-refractivity contribution is 5.68. The molecule has 0 radical (unpaired) electrons. The molecule has 0 fully saturated rings. The van der Waals surface area contributed by atoms with E-state index in [-0.39, 0.29) is 12.4 Å². The smallest absolute Gasteiger partial charge is 0.301 e. The predicted molar refractivity (Wildman–Crippen MR) is 68.0 cm³/mol. The molecule has 0 saturated heterocycles. The average Bonchev–Trinajstić information content (AvgIpc) is 2.42. The number of rotatable bonds is 12. The third-order valence-corrected chi connectivity index (χ3v) is 2.60. The molecule has 0 aliphatic carbocycles. The summed E-state index contributed by atoms with van der Waals surface area (Å²) in [7, 11) is 0. The fraction of sp³-hybridized carbons (Fsp3) is 0.846. The van der Waals surface area contributed by atoms with Crippen molar-refractivity contribution in [3.05, 3.63) is 0 Å². The second kappa shape index (κ2) is 13.3. The fourth-order valence-electron chi connectivity index (χ4n) is 1.47. The number of hydrogen-bond acceptors (Lipinski definition) is 6. The van der Waals surface area contributed by atoms with Crippen LogP contribution in [0.5, 0.6) is 0 Å². The van der Waals surface area contributed by atoms with Crippen LogP contribution in [0.25, 0.3) is 0 Å². The lowest BCUT2D eigenvalue weighted by atomic mass is 10.1. The summed E-state index contributed by atoms with van der Waals surface area (Å²) in [6.07, 6.45) is 6.60. The van der Waals surface area contributed by atoms with E-state index in [1.807, 2.05) is 6.92 Å².